The lowest BCUT2D eigenvalue weighted by molar-refractivity contribution is 0.478. The second-order valence-corrected chi connectivity index (χ2v) is 4.04. The number of aromatic nitrogens is 3. The monoisotopic (exact) mass is 247 g/mol. The van der Waals surface area contributed by atoms with Crippen LogP contribution in [0.25, 0.3) is 0 Å². The van der Waals surface area contributed by atoms with E-state index in [1.807, 2.05) is 33.9 Å². The average Bonchev–Trinajstić information content (AvgIpc) is 2.65. The van der Waals surface area contributed by atoms with Gasteiger partial charge in [-0.1, -0.05) is 0 Å². The van der Waals surface area contributed by atoms with Crippen molar-refractivity contribution in [3.8, 4) is 0 Å². The molecule has 2 aromatic heterocycles. The number of nitrogens with one attached hydrogen (secondary N) is 2. The molecule has 2 rings (SSSR count). The van der Waals surface area contributed by atoms with Crippen molar-refractivity contribution in [1.82, 2.24) is 15.0 Å². The quantitative estimate of drug-likeness (QED) is 0.861. The van der Waals surface area contributed by atoms with Crippen LogP contribution in [0.1, 0.15) is 23.2 Å². The van der Waals surface area contributed by atoms with Gasteiger partial charge in [0.05, 0.1) is 12.2 Å². The largest absolute Gasteiger partial charge is 0.444 e. The van der Waals surface area contributed by atoms with Gasteiger partial charge >= 0.3 is 0 Å². The van der Waals surface area contributed by atoms with Crippen LogP contribution >= 0.6 is 0 Å². The molecule has 0 saturated heterocycles. The minimum Gasteiger partial charge on any atom is -0.444 e. The van der Waals surface area contributed by atoms with Crippen molar-refractivity contribution >= 4 is 11.6 Å². The molecule has 6 heteroatoms. The molecule has 6 nitrogen and oxygen atoms in total. The van der Waals surface area contributed by atoms with E-state index in [0.29, 0.717) is 18.3 Å². The van der Waals surface area contributed by atoms with E-state index in [2.05, 4.69) is 25.6 Å². The molecule has 2 heterocycles. The fraction of sp³-hybridized carbons (Fsp3) is 0.417. The second-order valence-electron chi connectivity index (χ2n) is 4.04. The molecule has 0 saturated carbocycles. The molecule has 0 amide bonds. The molecule has 0 fully saturated rings. The maximum atomic E-state index is 5.49. The van der Waals surface area contributed by atoms with E-state index in [1.165, 1.54) is 0 Å². The molecule has 96 valence electrons. The number of nitrogens with zero attached hydrogens (tertiary/aromatic N) is 3. The predicted molar refractivity (Wildman–Crippen MR) is 69.6 cm³/mol. The van der Waals surface area contributed by atoms with Crippen molar-refractivity contribution in [1.29, 1.82) is 0 Å². The summed E-state index contributed by atoms with van der Waals surface area (Å²) in [4.78, 5) is 12.8. The highest BCUT2D eigenvalue weighted by molar-refractivity contribution is 5.47. The number of aryl methyl sites for hydroxylation is 3. The van der Waals surface area contributed by atoms with E-state index in [9.17, 15) is 0 Å². The molecule has 18 heavy (non-hydrogen) atoms. The third-order valence-corrected chi connectivity index (χ3v) is 2.59. The molecular formula is C12H17N5O. The maximum Gasteiger partial charge on any atom is 0.213 e. The Kier molecular flexibility index (Phi) is 3.45. The summed E-state index contributed by atoms with van der Waals surface area (Å²) in [6.45, 7) is 6.19. The lowest BCUT2D eigenvalue weighted by atomic mass is 10.4. The fourth-order valence-electron chi connectivity index (χ4n) is 1.57. The molecule has 2 N–H and O–H groups in total. The highest BCUT2D eigenvalue weighted by Crippen LogP contribution is 2.13. The van der Waals surface area contributed by atoms with Crippen LogP contribution in [-0.2, 0) is 6.54 Å². The zero-order valence-corrected chi connectivity index (χ0v) is 11.0. The molecule has 2 aromatic rings. The summed E-state index contributed by atoms with van der Waals surface area (Å²) < 4.78 is 5.49. The van der Waals surface area contributed by atoms with Crippen molar-refractivity contribution in [2.75, 3.05) is 17.7 Å². The zero-order valence-electron chi connectivity index (χ0n) is 11.0. The van der Waals surface area contributed by atoms with Crippen molar-refractivity contribution < 1.29 is 4.42 Å². The smallest absolute Gasteiger partial charge is 0.213 e. The van der Waals surface area contributed by atoms with Crippen molar-refractivity contribution in [2.45, 2.75) is 27.3 Å². The molecular weight excluding hydrogens is 230 g/mol. The van der Waals surface area contributed by atoms with Gasteiger partial charge in [0.2, 0.25) is 5.89 Å². The molecule has 0 atom stereocenters. The van der Waals surface area contributed by atoms with Gasteiger partial charge in [0, 0.05) is 13.1 Å². The van der Waals surface area contributed by atoms with Crippen LogP contribution in [0, 0.1) is 20.8 Å². The number of rotatable bonds is 4. The SMILES string of the molecule is CNc1cc(NCc2nc(C)c(C)o2)nc(C)n1. The summed E-state index contributed by atoms with van der Waals surface area (Å²) in [5.74, 6) is 3.75. The Bertz CT molecular complexity index is 530. The normalized spacial score (nSPS) is 10.4. The maximum absolute atomic E-state index is 5.49. The molecule has 0 aliphatic rings. The van der Waals surface area contributed by atoms with E-state index in [0.717, 1.165) is 23.1 Å². The Labute approximate surface area is 106 Å². The molecule has 0 aromatic carbocycles. The second kappa shape index (κ2) is 5.03. The first-order chi connectivity index (χ1) is 8.58. The molecule has 0 spiro atoms. The number of hydrogen-bond donors (Lipinski definition) is 2. The lowest BCUT2D eigenvalue weighted by Gasteiger charge is -2.06. The topological polar surface area (TPSA) is 75.9 Å². The van der Waals surface area contributed by atoms with Crippen LogP contribution in [0.3, 0.4) is 0 Å². The van der Waals surface area contributed by atoms with Crippen LogP contribution in [0.5, 0.6) is 0 Å². The van der Waals surface area contributed by atoms with Gasteiger partial charge in [0.15, 0.2) is 0 Å². The van der Waals surface area contributed by atoms with Crippen molar-refractivity contribution in [3.05, 3.63) is 29.2 Å². The van der Waals surface area contributed by atoms with E-state index >= 15 is 0 Å². The molecule has 0 bridgehead atoms. The number of oxazole rings is 1. The predicted octanol–water partition coefficient (Wildman–Crippen LogP) is 2.04. The molecule has 0 aliphatic carbocycles. The summed E-state index contributed by atoms with van der Waals surface area (Å²) in [6, 6.07) is 1.84. The summed E-state index contributed by atoms with van der Waals surface area (Å²) in [5, 5.41) is 6.16. The highest BCUT2D eigenvalue weighted by Gasteiger charge is 2.06. The zero-order chi connectivity index (χ0) is 13.1. The van der Waals surface area contributed by atoms with Gasteiger partial charge in [-0.3, -0.25) is 0 Å². The average molecular weight is 247 g/mol. The fourth-order valence-corrected chi connectivity index (χ4v) is 1.57. The Morgan fingerprint density at radius 3 is 2.44 bits per heavy atom. The van der Waals surface area contributed by atoms with Crippen LogP contribution in [0.4, 0.5) is 11.6 Å². The van der Waals surface area contributed by atoms with Gasteiger partial charge in [-0.25, -0.2) is 15.0 Å². The highest BCUT2D eigenvalue weighted by atomic mass is 16.4. The van der Waals surface area contributed by atoms with E-state index in [4.69, 9.17) is 4.42 Å². The minimum absolute atomic E-state index is 0.508. The van der Waals surface area contributed by atoms with Crippen molar-refractivity contribution in [3.63, 3.8) is 0 Å². The first-order valence-corrected chi connectivity index (χ1v) is 5.78. The summed E-state index contributed by atoms with van der Waals surface area (Å²) in [5.41, 5.74) is 0.918. The summed E-state index contributed by atoms with van der Waals surface area (Å²) in [6.07, 6.45) is 0. The Morgan fingerprint density at radius 2 is 1.83 bits per heavy atom. The van der Waals surface area contributed by atoms with Crippen LogP contribution in [0.2, 0.25) is 0 Å². The van der Waals surface area contributed by atoms with Gasteiger partial charge in [-0.15, -0.1) is 0 Å². The lowest BCUT2D eigenvalue weighted by Crippen LogP contribution is -2.05. The molecule has 0 aliphatic heterocycles. The Morgan fingerprint density at radius 1 is 1.11 bits per heavy atom. The first kappa shape index (κ1) is 12.3. The van der Waals surface area contributed by atoms with Gasteiger partial charge < -0.3 is 15.1 Å². The standard InChI is InChI=1S/C12H17N5O/c1-7-8(2)18-12(15-7)6-14-11-5-10(13-4)16-9(3)17-11/h5H,6H2,1-4H3,(H2,13,14,16,17). The van der Waals surface area contributed by atoms with Crippen molar-refractivity contribution in [2.24, 2.45) is 0 Å². The van der Waals surface area contributed by atoms with Crippen LogP contribution < -0.4 is 10.6 Å². The Balaban J connectivity index is 2.07. The summed E-state index contributed by atoms with van der Waals surface area (Å²) in [7, 11) is 1.83. The van der Waals surface area contributed by atoms with Crippen LogP contribution in [0.15, 0.2) is 10.5 Å². The summed E-state index contributed by atoms with van der Waals surface area (Å²) >= 11 is 0. The number of anilines is 2. The molecule has 0 radical (unpaired) electrons. The number of hydrogen-bond acceptors (Lipinski definition) is 6. The van der Waals surface area contributed by atoms with Crippen LogP contribution in [-0.4, -0.2) is 22.0 Å². The third-order valence-electron chi connectivity index (χ3n) is 2.59. The van der Waals surface area contributed by atoms with E-state index in [1.54, 1.807) is 0 Å². The van der Waals surface area contributed by atoms with E-state index < -0.39 is 0 Å². The van der Waals surface area contributed by atoms with E-state index in [-0.39, 0.29) is 0 Å². The molecule has 0 unspecified atom stereocenters. The van der Waals surface area contributed by atoms with Gasteiger partial charge in [0.1, 0.15) is 23.2 Å². The van der Waals surface area contributed by atoms with Gasteiger partial charge in [-0.05, 0) is 20.8 Å². The first-order valence-electron chi connectivity index (χ1n) is 5.78. The van der Waals surface area contributed by atoms with Gasteiger partial charge in [-0.2, -0.15) is 0 Å². The minimum atomic E-state index is 0.508. The third kappa shape index (κ3) is 2.77. The Hall–Kier alpha value is -2.11. The van der Waals surface area contributed by atoms with Gasteiger partial charge in [0.25, 0.3) is 0 Å².